The van der Waals surface area contributed by atoms with Crippen LogP contribution in [0.15, 0.2) is 17.1 Å². The summed E-state index contributed by atoms with van der Waals surface area (Å²) >= 11 is 0. The van der Waals surface area contributed by atoms with Crippen molar-refractivity contribution in [3.05, 3.63) is 33.7 Å². The first kappa shape index (κ1) is 14.0. The molecule has 0 fully saturated rings. The van der Waals surface area contributed by atoms with E-state index < -0.39 is 0 Å². The van der Waals surface area contributed by atoms with Crippen LogP contribution in [0.25, 0.3) is 0 Å². The molecule has 96 valence electrons. The van der Waals surface area contributed by atoms with E-state index >= 15 is 0 Å². The molecule has 0 aliphatic carbocycles. The number of amides is 1. The molecule has 1 unspecified atom stereocenters. The molecule has 5 nitrogen and oxygen atoms in total. The van der Waals surface area contributed by atoms with E-state index in [1.807, 2.05) is 6.92 Å². The molecule has 18 heavy (non-hydrogen) atoms. The normalized spacial score (nSPS) is 11.7. The fourth-order valence-electron chi connectivity index (χ4n) is 1.64. The van der Waals surface area contributed by atoms with Gasteiger partial charge in [-0.1, -0.05) is 0 Å². The maximum absolute atomic E-state index is 12.2. The van der Waals surface area contributed by atoms with Gasteiger partial charge in [0.1, 0.15) is 5.56 Å². The molecule has 0 radical (unpaired) electrons. The van der Waals surface area contributed by atoms with E-state index in [2.05, 4.69) is 11.1 Å². The van der Waals surface area contributed by atoms with Crippen LogP contribution in [0, 0.1) is 24.2 Å². The van der Waals surface area contributed by atoms with E-state index in [0.29, 0.717) is 18.8 Å². The van der Waals surface area contributed by atoms with Crippen molar-refractivity contribution >= 4 is 5.91 Å². The highest BCUT2D eigenvalue weighted by atomic mass is 16.2. The van der Waals surface area contributed by atoms with Gasteiger partial charge in [0, 0.05) is 31.0 Å². The first-order valence-corrected chi connectivity index (χ1v) is 5.87. The van der Waals surface area contributed by atoms with Crippen molar-refractivity contribution in [2.24, 2.45) is 5.92 Å². The Kier molecular flexibility index (Phi) is 4.67. The fourth-order valence-corrected chi connectivity index (χ4v) is 1.64. The number of hydrogen-bond donors (Lipinski definition) is 1. The van der Waals surface area contributed by atoms with Crippen molar-refractivity contribution in [2.45, 2.75) is 20.8 Å². The highest BCUT2D eigenvalue weighted by Crippen LogP contribution is 2.04. The molecule has 0 aliphatic rings. The summed E-state index contributed by atoms with van der Waals surface area (Å²) in [5.74, 6) is -0.584. The van der Waals surface area contributed by atoms with Crippen LogP contribution < -0.4 is 5.43 Å². The van der Waals surface area contributed by atoms with Gasteiger partial charge in [0.05, 0.1) is 12.0 Å². The molecule has 1 rings (SSSR count). The number of aromatic nitrogens is 1. The van der Waals surface area contributed by atoms with Gasteiger partial charge in [-0.3, -0.25) is 9.59 Å². The molecule has 1 aromatic rings. The summed E-state index contributed by atoms with van der Waals surface area (Å²) < 4.78 is 0. The summed E-state index contributed by atoms with van der Waals surface area (Å²) in [6, 6.07) is 3.48. The second-order valence-corrected chi connectivity index (χ2v) is 4.27. The molecular formula is C13H17N3O2. The van der Waals surface area contributed by atoms with E-state index in [1.165, 1.54) is 17.2 Å². The molecule has 0 bridgehead atoms. The fraction of sp³-hybridized carbons (Fsp3) is 0.462. The number of carbonyl (C=O) groups excluding carboxylic acids is 1. The molecule has 1 amide bonds. The zero-order valence-electron chi connectivity index (χ0n) is 10.9. The number of H-pyrrole nitrogens is 1. The quantitative estimate of drug-likeness (QED) is 0.871. The molecule has 1 N–H and O–H groups in total. The maximum Gasteiger partial charge on any atom is 0.259 e. The SMILES string of the molecule is CCN(CC(C)C#N)C(=O)c1c[nH]c(C)cc1=O. The summed E-state index contributed by atoms with van der Waals surface area (Å²) in [5.41, 5.74) is 0.539. The van der Waals surface area contributed by atoms with Crippen molar-refractivity contribution in [1.82, 2.24) is 9.88 Å². The third-order valence-electron chi connectivity index (χ3n) is 2.67. The van der Waals surface area contributed by atoms with Crippen molar-refractivity contribution in [2.75, 3.05) is 13.1 Å². The molecule has 0 saturated heterocycles. The number of nitriles is 1. The molecule has 1 atom stereocenters. The molecule has 1 heterocycles. The van der Waals surface area contributed by atoms with E-state index in [1.54, 1.807) is 13.8 Å². The highest BCUT2D eigenvalue weighted by Gasteiger charge is 2.19. The number of pyridine rings is 1. The van der Waals surface area contributed by atoms with Gasteiger partial charge in [-0.25, -0.2) is 0 Å². The molecule has 0 saturated carbocycles. The average molecular weight is 247 g/mol. The Balaban J connectivity index is 2.97. The molecule has 0 spiro atoms. The van der Waals surface area contributed by atoms with E-state index in [0.717, 1.165) is 0 Å². The first-order chi connectivity index (χ1) is 8.49. The van der Waals surface area contributed by atoms with Crippen LogP contribution in [0.2, 0.25) is 0 Å². The van der Waals surface area contributed by atoms with Crippen molar-refractivity contribution in [1.29, 1.82) is 5.26 Å². The third kappa shape index (κ3) is 3.20. The van der Waals surface area contributed by atoms with Crippen LogP contribution in [0.3, 0.4) is 0 Å². The number of nitrogens with zero attached hydrogens (tertiary/aromatic N) is 2. The van der Waals surface area contributed by atoms with Crippen LogP contribution in [0.4, 0.5) is 0 Å². The monoisotopic (exact) mass is 247 g/mol. The average Bonchev–Trinajstić information content (AvgIpc) is 2.34. The van der Waals surface area contributed by atoms with Crippen LogP contribution in [-0.2, 0) is 0 Å². The molecule has 0 aromatic carbocycles. The lowest BCUT2D eigenvalue weighted by atomic mass is 10.1. The van der Waals surface area contributed by atoms with Crippen molar-refractivity contribution in [3.8, 4) is 6.07 Å². The van der Waals surface area contributed by atoms with E-state index in [4.69, 9.17) is 5.26 Å². The van der Waals surface area contributed by atoms with Crippen molar-refractivity contribution in [3.63, 3.8) is 0 Å². The summed E-state index contributed by atoms with van der Waals surface area (Å²) in [6.07, 6.45) is 1.43. The summed E-state index contributed by atoms with van der Waals surface area (Å²) in [5, 5.41) is 8.77. The second kappa shape index (κ2) is 6.01. The van der Waals surface area contributed by atoms with Gasteiger partial charge in [0.25, 0.3) is 5.91 Å². The van der Waals surface area contributed by atoms with Crippen LogP contribution >= 0.6 is 0 Å². The zero-order chi connectivity index (χ0) is 13.7. The Labute approximate surface area is 106 Å². The van der Waals surface area contributed by atoms with Crippen LogP contribution in [0.5, 0.6) is 0 Å². The summed E-state index contributed by atoms with van der Waals surface area (Å²) in [6.45, 7) is 6.13. The third-order valence-corrected chi connectivity index (χ3v) is 2.67. The van der Waals surface area contributed by atoms with Gasteiger partial charge >= 0.3 is 0 Å². The summed E-state index contributed by atoms with van der Waals surface area (Å²) in [4.78, 5) is 28.2. The first-order valence-electron chi connectivity index (χ1n) is 5.87. The van der Waals surface area contributed by atoms with Gasteiger partial charge in [-0.2, -0.15) is 5.26 Å². The smallest absolute Gasteiger partial charge is 0.259 e. The lowest BCUT2D eigenvalue weighted by Crippen LogP contribution is -2.37. The topological polar surface area (TPSA) is 77.0 Å². The Bertz CT molecular complexity index is 528. The lowest BCUT2D eigenvalue weighted by Gasteiger charge is -2.21. The van der Waals surface area contributed by atoms with Crippen LogP contribution in [0.1, 0.15) is 29.9 Å². The minimum absolute atomic E-state index is 0.118. The number of aromatic amines is 1. The minimum Gasteiger partial charge on any atom is -0.364 e. The number of aryl methyl sites for hydroxylation is 1. The van der Waals surface area contributed by atoms with Gasteiger partial charge < -0.3 is 9.88 Å². The largest absolute Gasteiger partial charge is 0.364 e. The number of nitrogens with one attached hydrogen (secondary N) is 1. The highest BCUT2D eigenvalue weighted by molar-refractivity contribution is 5.93. The molecular weight excluding hydrogens is 230 g/mol. The summed E-state index contributed by atoms with van der Waals surface area (Å²) in [7, 11) is 0. The standard InChI is InChI=1S/C13H17N3O2/c1-4-16(8-9(2)6-14)13(18)11-7-15-10(3)5-12(11)17/h5,7,9H,4,8H2,1-3H3,(H,15,17). The Morgan fingerprint density at radius 1 is 1.61 bits per heavy atom. The van der Waals surface area contributed by atoms with Gasteiger partial charge in [0.15, 0.2) is 5.43 Å². The van der Waals surface area contributed by atoms with E-state index in [-0.39, 0.29) is 22.8 Å². The lowest BCUT2D eigenvalue weighted by molar-refractivity contribution is 0.0751. The van der Waals surface area contributed by atoms with E-state index in [9.17, 15) is 9.59 Å². The zero-order valence-corrected chi connectivity index (χ0v) is 10.9. The Morgan fingerprint density at radius 2 is 2.28 bits per heavy atom. The number of hydrogen-bond acceptors (Lipinski definition) is 3. The second-order valence-electron chi connectivity index (χ2n) is 4.27. The van der Waals surface area contributed by atoms with Gasteiger partial charge in [-0.05, 0) is 20.8 Å². The number of rotatable bonds is 4. The predicted molar refractivity (Wildman–Crippen MR) is 68.2 cm³/mol. The molecule has 5 heteroatoms. The molecule has 0 aliphatic heterocycles. The Hall–Kier alpha value is -2.09. The molecule has 1 aromatic heterocycles. The minimum atomic E-state index is -0.333. The van der Waals surface area contributed by atoms with Crippen LogP contribution in [-0.4, -0.2) is 28.9 Å². The number of carbonyl (C=O) groups is 1. The maximum atomic E-state index is 12.2. The Morgan fingerprint density at radius 3 is 2.78 bits per heavy atom. The predicted octanol–water partition coefficient (Wildman–Crippen LogP) is 1.31. The van der Waals surface area contributed by atoms with Crippen molar-refractivity contribution < 1.29 is 4.79 Å². The van der Waals surface area contributed by atoms with Gasteiger partial charge in [0.2, 0.25) is 0 Å². The van der Waals surface area contributed by atoms with Gasteiger partial charge in [-0.15, -0.1) is 0 Å².